The summed E-state index contributed by atoms with van der Waals surface area (Å²) in [6, 6.07) is 0. The highest BCUT2D eigenvalue weighted by Crippen LogP contribution is 2.37. The van der Waals surface area contributed by atoms with Crippen molar-refractivity contribution in [3.05, 3.63) is 11.2 Å². The van der Waals surface area contributed by atoms with Crippen LogP contribution >= 0.6 is 11.3 Å². The van der Waals surface area contributed by atoms with Gasteiger partial charge in [0.15, 0.2) is 13.2 Å². The summed E-state index contributed by atoms with van der Waals surface area (Å²) in [4.78, 5) is 3.68. The van der Waals surface area contributed by atoms with Gasteiger partial charge in [-0.2, -0.15) is 0 Å². The summed E-state index contributed by atoms with van der Waals surface area (Å²) in [5.41, 5.74) is 0. The van der Waals surface area contributed by atoms with Crippen molar-refractivity contribution in [1.29, 1.82) is 0 Å². The lowest BCUT2D eigenvalue weighted by Crippen LogP contribution is -2.36. The molecule has 0 aromatic carbocycles. The molecular formula is C10H19F2N3S2Si. The molecule has 0 saturated heterocycles. The van der Waals surface area contributed by atoms with Gasteiger partial charge in [0.2, 0.25) is 0 Å². The SMILES string of the molecule is CC(C)(C)[Si](C)(C)/N=S(\N)c1cnc(C(F)F)s1. The molecule has 8 heteroatoms. The van der Waals surface area contributed by atoms with E-state index < -0.39 is 25.5 Å². The second-order valence-corrected chi connectivity index (χ2v) is 13.3. The van der Waals surface area contributed by atoms with Crippen LogP contribution in [0.5, 0.6) is 0 Å². The first-order valence-electron chi connectivity index (χ1n) is 5.50. The van der Waals surface area contributed by atoms with E-state index in [1.165, 1.54) is 6.20 Å². The van der Waals surface area contributed by atoms with Gasteiger partial charge in [-0.05, 0) is 29.0 Å². The topological polar surface area (TPSA) is 51.3 Å². The fourth-order valence-electron chi connectivity index (χ4n) is 0.897. The number of hydrogen-bond acceptors (Lipinski definition) is 3. The Morgan fingerprint density at radius 2 is 2.00 bits per heavy atom. The van der Waals surface area contributed by atoms with E-state index in [-0.39, 0.29) is 10.0 Å². The summed E-state index contributed by atoms with van der Waals surface area (Å²) < 4.78 is 30.2. The van der Waals surface area contributed by atoms with Gasteiger partial charge in [-0.3, -0.25) is 9.17 Å². The Morgan fingerprint density at radius 1 is 1.44 bits per heavy atom. The molecule has 3 nitrogen and oxygen atoms in total. The van der Waals surface area contributed by atoms with Crippen molar-refractivity contribution in [3.63, 3.8) is 0 Å². The quantitative estimate of drug-likeness (QED) is 0.854. The summed E-state index contributed by atoms with van der Waals surface area (Å²) >= 11 is 0.955. The van der Waals surface area contributed by atoms with Gasteiger partial charge < -0.3 is 0 Å². The zero-order valence-corrected chi connectivity index (χ0v) is 13.8. The van der Waals surface area contributed by atoms with Crippen molar-refractivity contribution in [2.75, 3.05) is 0 Å². The van der Waals surface area contributed by atoms with Crippen LogP contribution in [0.1, 0.15) is 32.2 Å². The summed E-state index contributed by atoms with van der Waals surface area (Å²) in [7, 11) is -2.70. The van der Waals surface area contributed by atoms with Gasteiger partial charge >= 0.3 is 0 Å². The lowest BCUT2D eigenvalue weighted by molar-refractivity contribution is 0.151. The Labute approximate surface area is 114 Å². The number of alkyl halides is 2. The second kappa shape index (κ2) is 5.44. The first-order chi connectivity index (χ1) is 8.04. The summed E-state index contributed by atoms with van der Waals surface area (Å²) in [5, 5.41) is 5.92. The molecular weight excluding hydrogens is 292 g/mol. The molecule has 0 bridgehead atoms. The predicted molar refractivity (Wildman–Crippen MR) is 76.5 cm³/mol. The summed E-state index contributed by atoms with van der Waals surface area (Å²) in [5.74, 6) is 0. The fraction of sp³-hybridized carbons (Fsp3) is 0.700. The number of halogens is 2. The maximum Gasteiger partial charge on any atom is 0.289 e. The molecule has 1 rings (SSSR count). The first-order valence-corrected chi connectivity index (χ1v) is 10.5. The molecule has 1 aromatic rings. The molecule has 0 aliphatic rings. The molecule has 0 saturated carbocycles. The minimum atomic E-state index is -2.53. The zero-order valence-electron chi connectivity index (χ0n) is 11.2. The van der Waals surface area contributed by atoms with Crippen molar-refractivity contribution in [3.8, 4) is 0 Å². The summed E-state index contributed by atoms with van der Waals surface area (Å²) in [6.45, 7) is 10.7. The van der Waals surface area contributed by atoms with Crippen LogP contribution in [0, 0.1) is 0 Å². The smallest absolute Gasteiger partial charge is 0.285 e. The molecule has 0 radical (unpaired) electrons. The molecule has 0 aliphatic heterocycles. The van der Waals surface area contributed by atoms with Gasteiger partial charge in [-0.15, -0.1) is 11.3 Å². The maximum atomic E-state index is 12.5. The highest BCUT2D eigenvalue weighted by Gasteiger charge is 2.36. The average molecular weight is 311 g/mol. The van der Waals surface area contributed by atoms with E-state index in [1.54, 1.807) is 0 Å². The molecule has 0 amide bonds. The minimum absolute atomic E-state index is 0.0911. The highest BCUT2D eigenvalue weighted by atomic mass is 32.2. The van der Waals surface area contributed by atoms with Gasteiger partial charge in [-0.25, -0.2) is 13.8 Å². The van der Waals surface area contributed by atoms with E-state index in [4.69, 9.17) is 9.17 Å². The van der Waals surface area contributed by atoms with E-state index in [0.717, 1.165) is 11.3 Å². The van der Waals surface area contributed by atoms with E-state index in [0.29, 0.717) is 4.21 Å². The third kappa shape index (κ3) is 3.66. The van der Waals surface area contributed by atoms with Crippen LogP contribution in [0.15, 0.2) is 14.4 Å². The molecule has 2 N–H and O–H groups in total. The van der Waals surface area contributed by atoms with Crippen LogP contribution in [0.25, 0.3) is 0 Å². The Kier molecular flexibility index (Phi) is 4.79. The van der Waals surface area contributed by atoms with Crippen LogP contribution < -0.4 is 5.14 Å². The number of nitrogens with zero attached hydrogens (tertiary/aromatic N) is 2. The lowest BCUT2D eigenvalue weighted by atomic mass is 10.2. The molecule has 1 atom stereocenters. The third-order valence-electron chi connectivity index (χ3n) is 3.06. The largest absolute Gasteiger partial charge is 0.289 e. The van der Waals surface area contributed by atoms with Gasteiger partial charge in [0.25, 0.3) is 6.43 Å². The van der Waals surface area contributed by atoms with Crippen LogP contribution in [-0.4, -0.2) is 13.2 Å². The minimum Gasteiger partial charge on any atom is -0.285 e. The normalized spacial score (nSPS) is 15.4. The third-order valence-corrected chi connectivity index (χ3v) is 11.4. The monoisotopic (exact) mass is 311 g/mol. The highest BCUT2D eigenvalue weighted by molar-refractivity contribution is 7.88. The number of hydrogen-bond donors (Lipinski definition) is 1. The Morgan fingerprint density at radius 3 is 2.39 bits per heavy atom. The molecule has 1 heterocycles. The average Bonchev–Trinajstić information content (AvgIpc) is 2.63. The van der Waals surface area contributed by atoms with Crippen molar-refractivity contribution < 1.29 is 8.78 Å². The first kappa shape index (κ1) is 15.9. The maximum absolute atomic E-state index is 12.5. The molecule has 0 fully saturated rings. The van der Waals surface area contributed by atoms with E-state index in [9.17, 15) is 8.78 Å². The molecule has 1 aromatic heterocycles. The van der Waals surface area contributed by atoms with Crippen LogP contribution in [0.2, 0.25) is 18.1 Å². The number of thiazole rings is 1. The fourth-order valence-corrected chi connectivity index (χ4v) is 5.92. The van der Waals surface area contributed by atoms with Crippen molar-refractivity contribution in [2.45, 2.75) is 49.5 Å². The molecule has 0 aliphatic carbocycles. The van der Waals surface area contributed by atoms with Crippen molar-refractivity contribution in [2.24, 2.45) is 9.17 Å². The molecule has 0 spiro atoms. The molecule has 1 unspecified atom stereocenters. The van der Waals surface area contributed by atoms with Gasteiger partial charge in [-0.1, -0.05) is 20.8 Å². The zero-order chi connectivity index (χ0) is 14.1. The Hall–Kier alpha value is -0.183. The molecule has 104 valence electrons. The van der Waals surface area contributed by atoms with Crippen LogP contribution in [-0.2, 0) is 10.9 Å². The van der Waals surface area contributed by atoms with Gasteiger partial charge in [0.1, 0.15) is 4.21 Å². The number of aromatic nitrogens is 1. The number of nitrogens with two attached hydrogens (primary N) is 1. The Bertz CT molecular complexity index is 452. The van der Waals surface area contributed by atoms with Crippen molar-refractivity contribution >= 4 is 30.4 Å². The second-order valence-electron chi connectivity index (χ2n) is 5.53. The predicted octanol–water partition coefficient (Wildman–Crippen LogP) is 4.12. The van der Waals surface area contributed by atoms with E-state index in [1.807, 2.05) is 0 Å². The lowest BCUT2D eigenvalue weighted by Gasteiger charge is -2.32. The Balaban J connectivity index is 3.02. The van der Waals surface area contributed by atoms with E-state index >= 15 is 0 Å². The van der Waals surface area contributed by atoms with Crippen LogP contribution in [0.4, 0.5) is 8.78 Å². The van der Waals surface area contributed by atoms with Crippen molar-refractivity contribution in [1.82, 2.24) is 4.98 Å². The standard InChI is InChI=1S/C10H19F2N3S2Si/c1-10(2,3)18(4,5)15-17(13)7-6-14-9(16-7)8(11)12/h6,8H,1-5H3,(H2,13,15). The van der Waals surface area contributed by atoms with Crippen LogP contribution in [0.3, 0.4) is 0 Å². The van der Waals surface area contributed by atoms with Gasteiger partial charge in [0.05, 0.1) is 6.20 Å². The molecule has 18 heavy (non-hydrogen) atoms. The van der Waals surface area contributed by atoms with E-state index in [2.05, 4.69) is 38.8 Å². The number of rotatable bonds is 3. The summed E-state index contributed by atoms with van der Waals surface area (Å²) in [6.07, 6.45) is -1.11. The van der Waals surface area contributed by atoms with Gasteiger partial charge in [0, 0.05) is 0 Å².